The van der Waals surface area contributed by atoms with Crippen LogP contribution in [0.25, 0.3) is 10.8 Å². The van der Waals surface area contributed by atoms with Crippen molar-refractivity contribution in [2.75, 3.05) is 13.7 Å². The molecule has 0 saturated heterocycles. The smallest absolute Gasteiger partial charge is 0.126 e. The van der Waals surface area contributed by atoms with Crippen LogP contribution in [0.3, 0.4) is 0 Å². The normalized spacial score (nSPS) is 16.1. The van der Waals surface area contributed by atoms with E-state index < -0.39 is 0 Å². The molecule has 2 aromatic carbocycles. The van der Waals surface area contributed by atoms with Crippen LogP contribution in [0.15, 0.2) is 36.4 Å². The van der Waals surface area contributed by atoms with Gasteiger partial charge in [-0.25, -0.2) is 0 Å². The lowest BCUT2D eigenvalue weighted by atomic mass is 9.94. The molecule has 1 saturated carbocycles. The number of ether oxygens (including phenoxy) is 1. The van der Waals surface area contributed by atoms with Gasteiger partial charge in [0.05, 0.1) is 7.11 Å². The average molecular weight is 283 g/mol. The summed E-state index contributed by atoms with van der Waals surface area (Å²) in [6.45, 7) is 3.31. The molecule has 0 spiro atoms. The van der Waals surface area contributed by atoms with Crippen LogP contribution >= 0.6 is 0 Å². The molecule has 0 bridgehead atoms. The molecule has 0 radical (unpaired) electrons. The summed E-state index contributed by atoms with van der Waals surface area (Å²) >= 11 is 0. The Bertz CT molecular complexity index is 604. The topological polar surface area (TPSA) is 21.3 Å². The van der Waals surface area contributed by atoms with E-state index in [4.69, 9.17) is 4.74 Å². The van der Waals surface area contributed by atoms with Crippen molar-refractivity contribution in [3.63, 3.8) is 0 Å². The largest absolute Gasteiger partial charge is 0.496 e. The molecular formula is C19H25NO. The standard InChI is InChI=1S/C19H25NO/c1-3-12-20-18(13-14-8-9-14)16-10-11-19(21-2)17-7-5-4-6-15(16)17/h4-7,10-11,14,18,20H,3,8-9,12-13H2,1-2H3. The van der Waals surface area contributed by atoms with Gasteiger partial charge in [-0.1, -0.05) is 50.1 Å². The van der Waals surface area contributed by atoms with Crippen molar-refractivity contribution < 1.29 is 4.74 Å². The summed E-state index contributed by atoms with van der Waals surface area (Å²) in [5, 5.41) is 6.29. The monoisotopic (exact) mass is 283 g/mol. The fraction of sp³-hybridized carbons (Fsp3) is 0.474. The molecule has 1 atom stereocenters. The predicted octanol–water partition coefficient (Wildman–Crippen LogP) is 4.69. The summed E-state index contributed by atoms with van der Waals surface area (Å²) < 4.78 is 5.52. The summed E-state index contributed by atoms with van der Waals surface area (Å²) in [5.74, 6) is 1.88. The van der Waals surface area contributed by atoms with Gasteiger partial charge in [-0.3, -0.25) is 0 Å². The molecule has 3 rings (SSSR count). The number of hydrogen-bond acceptors (Lipinski definition) is 2. The third-order valence-electron chi connectivity index (χ3n) is 4.42. The van der Waals surface area contributed by atoms with E-state index in [-0.39, 0.29) is 0 Å². The molecule has 0 heterocycles. The molecule has 1 fully saturated rings. The fourth-order valence-electron chi connectivity index (χ4n) is 3.10. The minimum atomic E-state index is 0.466. The Balaban J connectivity index is 1.99. The van der Waals surface area contributed by atoms with E-state index >= 15 is 0 Å². The van der Waals surface area contributed by atoms with Gasteiger partial charge in [-0.15, -0.1) is 0 Å². The van der Waals surface area contributed by atoms with Crippen LogP contribution in [0.1, 0.15) is 44.2 Å². The summed E-state index contributed by atoms with van der Waals surface area (Å²) in [6, 6.07) is 13.4. The molecule has 1 aliphatic carbocycles. The van der Waals surface area contributed by atoms with Gasteiger partial charge in [0, 0.05) is 11.4 Å². The van der Waals surface area contributed by atoms with E-state index in [1.54, 1.807) is 7.11 Å². The van der Waals surface area contributed by atoms with Gasteiger partial charge in [0.1, 0.15) is 5.75 Å². The van der Waals surface area contributed by atoms with Crippen molar-refractivity contribution in [3.05, 3.63) is 42.0 Å². The fourth-order valence-corrected chi connectivity index (χ4v) is 3.10. The first-order valence-corrected chi connectivity index (χ1v) is 8.12. The van der Waals surface area contributed by atoms with E-state index in [0.29, 0.717) is 6.04 Å². The van der Waals surface area contributed by atoms with E-state index in [0.717, 1.165) is 18.2 Å². The van der Waals surface area contributed by atoms with Gasteiger partial charge < -0.3 is 10.1 Å². The summed E-state index contributed by atoms with van der Waals surface area (Å²) in [5.41, 5.74) is 1.42. The molecule has 2 heteroatoms. The Morgan fingerprint density at radius 1 is 1.14 bits per heavy atom. The molecule has 21 heavy (non-hydrogen) atoms. The summed E-state index contributed by atoms with van der Waals surface area (Å²) in [6.07, 6.45) is 5.24. The first kappa shape index (κ1) is 14.4. The van der Waals surface area contributed by atoms with Gasteiger partial charge in [-0.05, 0) is 42.3 Å². The maximum absolute atomic E-state index is 5.52. The van der Waals surface area contributed by atoms with Crippen LogP contribution in [-0.2, 0) is 0 Å². The average Bonchev–Trinajstić information content (AvgIpc) is 3.34. The zero-order valence-corrected chi connectivity index (χ0v) is 13.1. The molecule has 1 N–H and O–H groups in total. The van der Waals surface area contributed by atoms with E-state index in [9.17, 15) is 0 Å². The SMILES string of the molecule is CCCNC(CC1CC1)c1ccc(OC)c2ccccc12. The zero-order valence-electron chi connectivity index (χ0n) is 13.1. The molecule has 1 unspecified atom stereocenters. The highest BCUT2D eigenvalue weighted by atomic mass is 16.5. The van der Waals surface area contributed by atoms with Crippen LogP contribution < -0.4 is 10.1 Å². The second-order valence-electron chi connectivity index (χ2n) is 6.09. The molecule has 0 amide bonds. The van der Waals surface area contributed by atoms with E-state index in [2.05, 4.69) is 48.6 Å². The van der Waals surface area contributed by atoms with E-state index in [1.165, 1.54) is 42.0 Å². The van der Waals surface area contributed by atoms with Gasteiger partial charge in [-0.2, -0.15) is 0 Å². The third kappa shape index (κ3) is 3.21. The molecule has 0 aromatic heterocycles. The lowest BCUT2D eigenvalue weighted by molar-refractivity contribution is 0.419. The van der Waals surface area contributed by atoms with Crippen molar-refractivity contribution >= 4 is 10.8 Å². The highest BCUT2D eigenvalue weighted by Gasteiger charge is 2.27. The van der Waals surface area contributed by atoms with Crippen molar-refractivity contribution in [2.45, 2.75) is 38.6 Å². The van der Waals surface area contributed by atoms with Crippen molar-refractivity contribution in [2.24, 2.45) is 5.92 Å². The maximum Gasteiger partial charge on any atom is 0.126 e. The van der Waals surface area contributed by atoms with Crippen molar-refractivity contribution in [1.82, 2.24) is 5.32 Å². The zero-order chi connectivity index (χ0) is 14.7. The van der Waals surface area contributed by atoms with Crippen molar-refractivity contribution in [1.29, 1.82) is 0 Å². The van der Waals surface area contributed by atoms with Gasteiger partial charge in [0.2, 0.25) is 0 Å². The molecule has 2 aromatic rings. The van der Waals surface area contributed by atoms with Gasteiger partial charge in [0.25, 0.3) is 0 Å². The Morgan fingerprint density at radius 3 is 2.57 bits per heavy atom. The second kappa shape index (κ2) is 6.48. The van der Waals surface area contributed by atoms with Crippen LogP contribution in [0.5, 0.6) is 5.75 Å². The number of nitrogens with one attached hydrogen (secondary N) is 1. The Hall–Kier alpha value is -1.54. The number of benzene rings is 2. The van der Waals surface area contributed by atoms with Gasteiger partial charge >= 0.3 is 0 Å². The third-order valence-corrected chi connectivity index (χ3v) is 4.42. The molecule has 1 aliphatic rings. The van der Waals surface area contributed by atoms with Crippen LogP contribution in [0, 0.1) is 5.92 Å². The van der Waals surface area contributed by atoms with Crippen LogP contribution in [0.4, 0.5) is 0 Å². The highest BCUT2D eigenvalue weighted by Crippen LogP contribution is 2.40. The maximum atomic E-state index is 5.52. The summed E-state index contributed by atoms with van der Waals surface area (Å²) in [4.78, 5) is 0. The number of fused-ring (bicyclic) bond motifs is 1. The molecular weight excluding hydrogens is 258 g/mol. The van der Waals surface area contributed by atoms with Crippen LogP contribution in [0.2, 0.25) is 0 Å². The minimum Gasteiger partial charge on any atom is -0.496 e. The second-order valence-corrected chi connectivity index (χ2v) is 6.09. The Labute approximate surface area is 127 Å². The lowest BCUT2D eigenvalue weighted by Gasteiger charge is -2.21. The first-order valence-electron chi connectivity index (χ1n) is 8.12. The van der Waals surface area contributed by atoms with Crippen LogP contribution in [-0.4, -0.2) is 13.7 Å². The minimum absolute atomic E-state index is 0.466. The molecule has 112 valence electrons. The number of methoxy groups -OCH3 is 1. The molecule has 0 aliphatic heterocycles. The quantitative estimate of drug-likeness (QED) is 0.796. The Morgan fingerprint density at radius 2 is 1.90 bits per heavy atom. The van der Waals surface area contributed by atoms with E-state index in [1.807, 2.05) is 0 Å². The number of hydrogen-bond donors (Lipinski definition) is 1. The molecule has 2 nitrogen and oxygen atoms in total. The summed E-state index contributed by atoms with van der Waals surface area (Å²) in [7, 11) is 1.75. The Kier molecular flexibility index (Phi) is 4.45. The highest BCUT2D eigenvalue weighted by molar-refractivity contribution is 5.91. The number of rotatable bonds is 7. The first-order chi connectivity index (χ1) is 10.3. The predicted molar refractivity (Wildman–Crippen MR) is 88.9 cm³/mol. The van der Waals surface area contributed by atoms with Crippen molar-refractivity contribution in [3.8, 4) is 5.75 Å². The lowest BCUT2D eigenvalue weighted by Crippen LogP contribution is -2.23. The van der Waals surface area contributed by atoms with Gasteiger partial charge in [0.15, 0.2) is 0 Å².